The summed E-state index contributed by atoms with van der Waals surface area (Å²) in [4.78, 5) is 24.0. The van der Waals surface area contributed by atoms with Gasteiger partial charge < -0.3 is 10.1 Å². The van der Waals surface area contributed by atoms with Crippen molar-refractivity contribution >= 4 is 34.8 Å². The van der Waals surface area contributed by atoms with E-state index in [0.717, 1.165) is 35.4 Å². The third kappa shape index (κ3) is 6.59. The predicted molar refractivity (Wildman–Crippen MR) is 119 cm³/mol. The summed E-state index contributed by atoms with van der Waals surface area (Å²) in [6.07, 6.45) is 2.80. The Bertz CT molecular complexity index is 954. The Morgan fingerprint density at radius 1 is 1.20 bits per heavy atom. The highest BCUT2D eigenvalue weighted by Crippen LogP contribution is 2.30. The normalized spacial score (nSPS) is 13.6. The fourth-order valence-electron chi connectivity index (χ4n) is 2.87. The quantitative estimate of drug-likeness (QED) is 0.346. The van der Waals surface area contributed by atoms with Crippen LogP contribution >= 0.6 is 11.6 Å². The zero-order valence-electron chi connectivity index (χ0n) is 17.2. The number of ether oxygens (including phenoxy) is 1. The first-order chi connectivity index (χ1) is 14.4. The van der Waals surface area contributed by atoms with Crippen LogP contribution in [0.25, 0.3) is 0 Å². The van der Waals surface area contributed by atoms with Crippen LogP contribution in [0.1, 0.15) is 43.7 Å². The Balaban J connectivity index is 1.43. The van der Waals surface area contributed by atoms with E-state index in [1.807, 2.05) is 50.2 Å². The number of hydrogen-bond acceptors (Lipinski definition) is 4. The highest BCUT2D eigenvalue weighted by molar-refractivity contribution is 6.30. The summed E-state index contributed by atoms with van der Waals surface area (Å²) in [6.45, 7) is 4.17. The number of hydrogen-bond donors (Lipinski definition) is 2. The van der Waals surface area contributed by atoms with Gasteiger partial charge in [-0.05, 0) is 74.6 Å². The van der Waals surface area contributed by atoms with Crippen LogP contribution in [-0.4, -0.2) is 24.1 Å². The topological polar surface area (TPSA) is 79.8 Å². The summed E-state index contributed by atoms with van der Waals surface area (Å²) < 4.78 is 5.69. The van der Waals surface area contributed by atoms with Crippen LogP contribution in [-0.2, 0) is 9.59 Å². The summed E-state index contributed by atoms with van der Waals surface area (Å²) >= 11 is 5.93. The van der Waals surface area contributed by atoms with Crippen LogP contribution in [0.4, 0.5) is 5.69 Å². The molecule has 1 saturated carbocycles. The lowest BCUT2D eigenvalue weighted by Gasteiger charge is -2.09. The van der Waals surface area contributed by atoms with Crippen molar-refractivity contribution < 1.29 is 14.3 Å². The van der Waals surface area contributed by atoms with E-state index < -0.39 is 0 Å². The predicted octanol–water partition coefficient (Wildman–Crippen LogP) is 4.70. The number of halogens is 1. The Kier molecular flexibility index (Phi) is 7.46. The average molecular weight is 428 g/mol. The Labute approximate surface area is 181 Å². The van der Waals surface area contributed by atoms with E-state index in [4.69, 9.17) is 16.3 Å². The maximum absolute atomic E-state index is 12.0. The van der Waals surface area contributed by atoms with Gasteiger partial charge in [0, 0.05) is 23.0 Å². The van der Waals surface area contributed by atoms with Crippen LogP contribution in [0.2, 0.25) is 5.02 Å². The van der Waals surface area contributed by atoms with E-state index in [0.29, 0.717) is 30.2 Å². The SMILES string of the molecule is C/C(=N/NC(=O)CCCOc1ccc(Cl)cc1C)c1cccc(NC(=O)C2CC2)c1. The molecule has 0 heterocycles. The van der Waals surface area contributed by atoms with Gasteiger partial charge in [-0.1, -0.05) is 23.7 Å². The summed E-state index contributed by atoms with van der Waals surface area (Å²) in [6, 6.07) is 12.9. The van der Waals surface area contributed by atoms with Gasteiger partial charge in [0.25, 0.3) is 0 Å². The fraction of sp³-hybridized carbons (Fsp3) is 0.348. The number of rotatable bonds is 9. The molecular formula is C23H26ClN3O3. The highest BCUT2D eigenvalue weighted by atomic mass is 35.5. The molecule has 0 aromatic heterocycles. The average Bonchev–Trinajstić information content (AvgIpc) is 3.56. The van der Waals surface area contributed by atoms with Gasteiger partial charge in [0.2, 0.25) is 11.8 Å². The molecule has 0 atom stereocenters. The van der Waals surface area contributed by atoms with Gasteiger partial charge >= 0.3 is 0 Å². The molecule has 1 fully saturated rings. The lowest BCUT2D eigenvalue weighted by molar-refractivity contribution is -0.121. The van der Waals surface area contributed by atoms with Crippen molar-refractivity contribution in [2.75, 3.05) is 11.9 Å². The molecule has 2 amide bonds. The van der Waals surface area contributed by atoms with Crippen LogP contribution in [0.5, 0.6) is 5.75 Å². The Morgan fingerprint density at radius 3 is 2.73 bits per heavy atom. The van der Waals surface area contributed by atoms with Crippen molar-refractivity contribution in [2.45, 2.75) is 39.5 Å². The van der Waals surface area contributed by atoms with E-state index >= 15 is 0 Å². The lowest BCUT2D eigenvalue weighted by atomic mass is 10.1. The van der Waals surface area contributed by atoms with E-state index in [1.54, 1.807) is 6.07 Å². The molecule has 2 aromatic rings. The molecule has 3 rings (SSSR count). The largest absolute Gasteiger partial charge is 0.493 e. The Morgan fingerprint density at radius 2 is 2.00 bits per heavy atom. The number of nitrogens with one attached hydrogen (secondary N) is 2. The van der Waals surface area contributed by atoms with Crippen molar-refractivity contribution in [2.24, 2.45) is 11.0 Å². The number of nitrogens with zero attached hydrogens (tertiary/aromatic N) is 1. The van der Waals surface area contributed by atoms with Gasteiger partial charge in [-0.25, -0.2) is 5.43 Å². The van der Waals surface area contributed by atoms with E-state index in [-0.39, 0.29) is 17.7 Å². The van der Waals surface area contributed by atoms with Crippen LogP contribution in [0.15, 0.2) is 47.6 Å². The monoisotopic (exact) mass is 427 g/mol. The summed E-state index contributed by atoms with van der Waals surface area (Å²) in [7, 11) is 0. The molecule has 30 heavy (non-hydrogen) atoms. The van der Waals surface area contributed by atoms with Crippen molar-refractivity contribution in [1.29, 1.82) is 0 Å². The second-order valence-electron chi connectivity index (χ2n) is 7.44. The fourth-order valence-corrected chi connectivity index (χ4v) is 3.09. The molecule has 0 saturated heterocycles. The van der Waals surface area contributed by atoms with Gasteiger partial charge in [-0.15, -0.1) is 0 Å². The number of benzene rings is 2. The molecule has 0 aliphatic heterocycles. The first-order valence-electron chi connectivity index (χ1n) is 10.1. The second-order valence-corrected chi connectivity index (χ2v) is 7.87. The van der Waals surface area contributed by atoms with E-state index in [2.05, 4.69) is 15.8 Å². The number of carbonyl (C=O) groups excluding carboxylic acids is 2. The maximum atomic E-state index is 12.0. The second kappa shape index (κ2) is 10.3. The van der Waals surface area contributed by atoms with E-state index in [1.165, 1.54) is 0 Å². The number of hydrazone groups is 1. The van der Waals surface area contributed by atoms with Gasteiger partial charge in [0.15, 0.2) is 0 Å². The summed E-state index contributed by atoms with van der Waals surface area (Å²) in [5.74, 6) is 0.799. The molecular weight excluding hydrogens is 402 g/mol. The molecule has 0 radical (unpaired) electrons. The zero-order chi connectivity index (χ0) is 21.5. The lowest BCUT2D eigenvalue weighted by Crippen LogP contribution is -2.20. The van der Waals surface area contributed by atoms with Gasteiger partial charge in [0.05, 0.1) is 12.3 Å². The third-order valence-electron chi connectivity index (χ3n) is 4.79. The minimum Gasteiger partial charge on any atom is -0.493 e. The minimum absolute atomic E-state index is 0.0612. The van der Waals surface area contributed by atoms with Crippen LogP contribution < -0.4 is 15.5 Å². The molecule has 7 heteroatoms. The minimum atomic E-state index is -0.177. The first kappa shape index (κ1) is 21.8. The zero-order valence-corrected chi connectivity index (χ0v) is 18.0. The maximum Gasteiger partial charge on any atom is 0.240 e. The summed E-state index contributed by atoms with van der Waals surface area (Å²) in [5, 5.41) is 7.76. The first-order valence-corrected chi connectivity index (χ1v) is 10.4. The molecule has 2 N–H and O–H groups in total. The number of amides is 2. The molecule has 1 aliphatic rings. The van der Waals surface area contributed by atoms with E-state index in [9.17, 15) is 9.59 Å². The van der Waals surface area contributed by atoms with Crippen molar-refractivity contribution in [3.63, 3.8) is 0 Å². The molecule has 1 aliphatic carbocycles. The van der Waals surface area contributed by atoms with Crippen LogP contribution in [0, 0.1) is 12.8 Å². The van der Waals surface area contributed by atoms with Crippen LogP contribution in [0.3, 0.4) is 0 Å². The van der Waals surface area contributed by atoms with Gasteiger partial charge in [-0.2, -0.15) is 5.10 Å². The molecule has 158 valence electrons. The van der Waals surface area contributed by atoms with Gasteiger partial charge in [0.1, 0.15) is 5.75 Å². The standard InChI is InChI=1S/C23H26ClN3O3/c1-15-13-19(24)10-11-21(15)30-12-4-7-22(28)27-26-16(2)18-5-3-6-20(14-18)25-23(29)17-8-9-17/h3,5-6,10-11,13-14,17H,4,7-9,12H2,1-2H3,(H,25,29)(H,27,28)/b26-16-. The third-order valence-corrected chi connectivity index (χ3v) is 5.02. The van der Waals surface area contributed by atoms with Crippen molar-refractivity contribution in [3.05, 3.63) is 58.6 Å². The number of anilines is 1. The molecule has 0 spiro atoms. The summed E-state index contributed by atoms with van der Waals surface area (Å²) in [5.41, 5.74) is 5.78. The molecule has 6 nitrogen and oxygen atoms in total. The van der Waals surface area contributed by atoms with Gasteiger partial charge in [-0.3, -0.25) is 9.59 Å². The highest BCUT2D eigenvalue weighted by Gasteiger charge is 2.29. The van der Waals surface area contributed by atoms with Crippen molar-refractivity contribution in [1.82, 2.24) is 5.43 Å². The van der Waals surface area contributed by atoms with Crippen molar-refractivity contribution in [3.8, 4) is 5.75 Å². The smallest absolute Gasteiger partial charge is 0.240 e. The molecule has 0 unspecified atom stereocenters. The molecule has 0 bridgehead atoms. The molecule has 2 aromatic carbocycles. The Hall–Kier alpha value is -2.86. The number of aryl methyl sites for hydroxylation is 1. The number of carbonyl (C=O) groups is 2.